The summed E-state index contributed by atoms with van der Waals surface area (Å²) in [5, 5.41) is 23.0. The number of nitrogens with one attached hydrogen (secondary N) is 1. The molecule has 0 saturated carbocycles. The van der Waals surface area contributed by atoms with Gasteiger partial charge in [-0.05, 0) is 51.4 Å². The molecule has 0 aromatic carbocycles. The number of carbonyl (C=O) groups excluding carboxylic acids is 2. The third kappa shape index (κ3) is 49.8. The van der Waals surface area contributed by atoms with Crippen LogP contribution in [-0.2, 0) is 14.3 Å². The van der Waals surface area contributed by atoms with Crippen molar-refractivity contribution in [3.63, 3.8) is 0 Å². The Kier molecular flexibility index (Phi) is 52.6. The predicted molar refractivity (Wildman–Crippen MR) is 278 cm³/mol. The van der Waals surface area contributed by atoms with Crippen LogP contribution < -0.4 is 5.32 Å². The number of aliphatic hydroxyl groups is 2. The summed E-state index contributed by atoms with van der Waals surface area (Å²) in [4.78, 5) is 24.4. The van der Waals surface area contributed by atoms with Gasteiger partial charge in [0.25, 0.3) is 0 Å². The smallest absolute Gasteiger partial charge is 0.305 e. The van der Waals surface area contributed by atoms with E-state index < -0.39 is 12.1 Å². The first-order chi connectivity index (χ1) is 31.5. The quantitative estimate of drug-likeness (QED) is 0.0321. The van der Waals surface area contributed by atoms with Crippen LogP contribution in [0.4, 0.5) is 0 Å². The highest BCUT2D eigenvalue weighted by Gasteiger charge is 2.18. The predicted octanol–water partition coefficient (Wildman–Crippen LogP) is 17.5. The molecule has 0 rings (SSSR count). The minimum atomic E-state index is -0.842. The lowest BCUT2D eigenvalue weighted by Crippen LogP contribution is -2.45. The first-order valence-electron chi connectivity index (χ1n) is 28.6. The molecule has 0 aromatic rings. The molecule has 0 bridgehead atoms. The largest absolute Gasteiger partial charge is 0.466 e. The Balaban J connectivity index is 3.38. The number of hydrogen-bond donors (Lipinski definition) is 3. The average molecular weight is 903 g/mol. The van der Waals surface area contributed by atoms with E-state index in [0.717, 1.165) is 44.9 Å². The summed E-state index contributed by atoms with van der Waals surface area (Å²) in [6.45, 7) is 4.86. The van der Waals surface area contributed by atoms with Gasteiger partial charge in [0.05, 0.1) is 25.4 Å². The van der Waals surface area contributed by atoms with Crippen LogP contribution in [0.15, 0.2) is 24.3 Å². The van der Waals surface area contributed by atoms with Gasteiger partial charge in [0.2, 0.25) is 5.91 Å². The van der Waals surface area contributed by atoms with Gasteiger partial charge in [-0.2, -0.15) is 0 Å². The third-order valence-electron chi connectivity index (χ3n) is 13.2. The van der Waals surface area contributed by atoms with E-state index in [-0.39, 0.29) is 18.5 Å². The number of carbonyl (C=O) groups is 2. The van der Waals surface area contributed by atoms with Gasteiger partial charge in [-0.25, -0.2) is 0 Å². The fourth-order valence-corrected chi connectivity index (χ4v) is 8.79. The molecular formula is C58H111NO5. The zero-order valence-electron chi connectivity index (χ0n) is 43.0. The molecule has 0 aliphatic rings. The topological polar surface area (TPSA) is 95.9 Å². The number of unbranched alkanes of at least 4 members (excludes halogenated alkanes) is 40. The Bertz CT molecular complexity index is 997. The number of esters is 1. The van der Waals surface area contributed by atoms with E-state index in [1.54, 1.807) is 6.08 Å². The normalized spacial score (nSPS) is 12.8. The summed E-state index contributed by atoms with van der Waals surface area (Å²) < 4.78 is 5.46. The molecule has 0 radical (unpaired) electrons. The Morgan fingerprint density at radius 3 is 1.16 bits per heavy atom. The molecule has 0 fully saturated rings. The number of ether oxygens (including phenoxy) is 1. The lowest BCUT2D eigenvalue weighted by atomic mass is 10.0. The highest BCUT2D eigenvalue weighted by molar-refractivity contribution is 5.76. The summed E-state index contributed by atoms with van der Waals surface area (Å²) in [6, 6.07) is -0.625. The zero-order chi connectivity index (χ0) is 46.5. The first-order valence-corrected chi connectivity index (χ1v) is 28.6. The van der Waals surface area contributed by atoms with E-state index >= 15 is 0 Å². The maximum absolute atomic E-state index is 12.4. The number of aliphatic hydroxyl groups excluding tert-OH is 2. The van der Waals surface area contributed by atoms with Crippen LogP contribution in [-0.4, -0.2) is 47.4 Å². The van der Waals surface area contributed by atoms with Crippen molar-refractivity contribution in [3.8, 4) is 0 Å². The summed E-state index contributed by atoms with van der Waals surface area (Å²) >= 11 is 0. The molecule has 3 N–H and O–H groups in total. The van der Waals surface area contributed by atoms with Crippen LogP contribution in [0.5, 0.6) is 0 Å². The second kappa shape index (κ2) is 54.0. The number of rotatable bonds is 53. The van der Waals surface area contributed by atoms with Crippen LogP contribution >= 0.6 is 0 Å². The van der Waals surface area contributed by atoms with Crippen LogP contribution in [0.1, 0.15) is 309 Å². The average Bonchev–Trinajstić information content (AvgIpc) is 3.29. The van der Waals surface area contributed by atoms with Crippen molar-refractivity contribution >= 4 is 11.9 Å². The molecule has 2 unspecified atom stereocenters. The van der Waals surface area contributed by atoms with E-state index in [9.17, 15) is 19.8 Å². The molecule has 0 aliphatic carbocycles. The summed E-state index contributed by atoms with van der Waals surface area (Å²) in [5.74, 6) is -0.0633. The van der Waals surface area contributed by atoms with E-state index in [0.29, 0.717) is 19.4 Å². The molecule has 0 spiro atoms. The molecular weight excluding hydrogens is 791 g/mol. The van der Waals surface area contributed by atoms with Crippen LogP contribution in [0.2, 0.25) is 0 Å². The van der Waals surface area contributed by atoms with E-state index in [4.69, 9.17) is 4.74 Å². The maximum atomic E-state index is 12.4. The lowest BCUT2D eigenvalue weighted by molar-refractivity contribution is -0.143. The van der Waals surface area contributed by atoms with Gasteiger partial charge >= 0.3 is 5.97 Å². The molecule has 0 saturated heterocycles. The molecule has 0 aromatic heterocycles. The van der Waals surface area contributed by atoms with Crippen LogP contribution in [0.3, 0.4) is 0 Å². The fourth-order valence-electron chi connectivity index (χ4n) is 8.79. The maximum Gasteiger partial charge on any atom is 0.305 e. The number of allylic oxidation sites excluding steroid dienone is 3. The van der Waals surface area contributed by atoms with Gasteiger partial charge in [-0.3, -0.25) is 9.59 Å². The minimum absolute atomic E-state index is 0.00369. The monoisotopic (exact) mass is 902 g/mol. The van der Waals surface area contributed by atoms with Crippen molar-refractivity contribution in [2.75, 3.05) is 13.2 Å². The number of amides is 1. The summed E-state index contributed by atoms with van der Waals surface area (Å²) in [5.41, 5.74) is 0. The fraction of sp³-hybridized carbons (Fsp3) is 0.897. The van der Waals surface area contributed by atoms with E-state index in [1.807, 2.05) is 6.08 Å². The molecule has 6 heteroatoms. The second-order valence-electron chi connectivity index (χ2n) is 19.6. The highest BCUT2D eigenvalue weighted by atomic mass is 16.5. The van der Waals surface area contributed by atoms with Crippen molar-refractivity contribution in [1.82, 2.24) is 5.32 Å². The van der Waals surface area contributed by atoms with Gasteiger partial charge in [0.1, 0.15) is 0 Å². The van der Waals surface area contributed by atoms with Crippen molar-refractivity contribution in [1.29, 1.82) is 0 Å². The van der Waals surface area contributed by atoms with Gasteiger partial charge in [-0.1, -0.05) is 269 Å². The molecule has 2 atom stereocenters. The Morgan fingerprint density at radius 2 is 0.750 bits per heavy atom. The molecule has 0 heterocycles. The van der Waals surface area contributed by atoms with Gasteiger partial charge < -0.3 is 20.3 Å². The second-order valence-corrected chi connectivity index (χ2v) is 19.6. The Morgan fingerprint density at radius 1 is 0.422 bits per heavy atom. The Hall–Kier alpha value is -1.66. The Labute approximate surface area is 399 Å². The van der Waals surface area contributed by atoms with Crippen LogP contribution in [0.25, 0.3) is 0 Å². The van der Waals surface area contributed by atoms with Gasteiger partial charge in [0.15, 0.2) is 0 Å². The molecule has 0 aliphatic heterocycles. The molecule has 64 heavy (non-hydrogen) atoms. The van der Waals surface area contributed by atoms with Crippen molar-refractivity contribution in [2.45, 2.75) is 321 Å². The zero-order valence-corrected chi connectivity index (χ0v) is 43.0. The molecule has 378 valence electrons. The van der Waals surface area contributed by atoms with Crippen molar-refractivity contribution in [2.24, 2.45) is 0 Å². The first kappa shape index (κ1) is 62.3. The minimum Gasteiger partial charge on any atom is -0.466 e. The van der Waals surface area contributed by atoms with Gasteiger partial charge in [-0.15, -0.1) is 0 Å². The van der Waals surface area contributed by atoms with E-state index in [2.05, 4.69) is 31.3 Å². The molecule has 1 amide bonds. The van der Waals surface area contributed by atoms with Crippen molar-refractivity contribution in [3.05, 3.63) is 24.3 Å². The summed E-state index contributed by atoms with van der Waals surface area (Å²) in [7, 11) is 0. The number of hydrogen-bond acceptors (Lipinski definition) is 5. The van der Waals surface area contributed by atoms with Crippen molar-refractivity contribution < 1.29 is 24.5 Å². The standard InChI is InChI=1S/C58H111NO5/c1-3-5-7-9-11-13-15-31-34-38-42-46-50-56(61)55(54-60)59-57(62)51-47-43-39-35-32-28-26-24-22-20-18-16-17-19-21-23-25-27-29-33-37-41-45-49-53-64-58(63)52-48-44-40-36-30-14-12-10-8-6-4-2/h10,12,46,50,55-56,60-61H,3-9,11,13-45,47-49,51-54H2,1-2H3,(H,59,62)/b12-10-,50-46+. The molecule has 6 nitrogen and oxygen atoms in total. The van der Waals surface area contributed by atoms with E-state index in [1.165, 1.54) is 238 Å². The third-order valence-corrected chi connectivity index (χ3v) is 13.2. The summed E-state index contributed by atoms with van der Waals surface area (Å²) in [6.07, 6.45) is 64.9. The SMILES string of the molecule is CCCC/C=C\CCCCCCCC(=O)OCCCCCCCCCCCCCCCCCCCCCCCCCCC(=O)NC(CO)C(O)/C=C/CCCCCCCCCCCC. The lowest BCUT2D eigenvalue weighted by Gasteiger charge is -2.20. The highest BCUT2D eigenvalue weighted by Crippen LogP contribution is 2.17. The van der Waals surface area contributed by atoms with Crippen LogP contribution in [0, 0.1) is 0 Å². The van der Waals surface area contributed by atoms with Gasteiger partial charge in [0, 0.05) is 12.8 Å².